The Morgan fingerprint density at radius 1 is 1.05 bits per heavy atom. The van der Waals surface area contributed by atoms with Crippen LogP contribution in [0.5, 0.6) is 11.9 Å². The van der Waals surface area contributed by atoms with Crippen molar-refractivity contribution in [3.8, 4) is 11.9 Å². The van der Waals surface area contributed by atoms with Gasteiger partial charge in [0.2, 0.25) is 5.88 Å². The maximum Gasteiger partial charge on any atom is 0.319 e. The van der Waals surface area contributed by atoms with Crippen LogP contribution < -0.4 is 14.8 Å². The highest BCUT2D eigenvalue weighted by molar-refractivity contribution is 6.06. The molecule has 1 N–H and O–H groups in total. The molecule has 1 aliphatic heterocycles. The summed E-state index contributed by atoms with van der Waals surface area (Å²) in [5.41, 5.74) is 3.77. The van der Waals surface area contributed by atoms with Crippen molar-refractivity contribution in [3.05, 3.63) is 53.3 Å². The van der Waals surface area contributed by atoms with Crippen LogP contribution in [0.25, 0.3) is 10.9 Å². The van der Waals surface area contributed by atoms with Crippen molar-refractivity contribution in [1.29, 1.82) is 0 Å². The van der Waals surface area contributed by atoms with Crippen LogP contribution in [0.3, 0.4) is 0 Å². The van der Waals surface area contributed by atoms with Gasteiger partial charge in [-0.2, -0.15) is 9.97 Å². The molecule has 2 fully saturated rings. The minimum atomic E-state index is 0.0117. The predicted octanol–water partition coefficient (Wildman–Crippen LogP) is 4.56. The molecule has 8 heteroatoms. The molecule has 8 nitrogen and oxygen atoms in total. The molecular weight excluding hydrogens is 478 g/mol. The van der Waals surface area contributed by atoms with Gasteiger partial charge in [-0.1, -0.05) is 12.1 Å². The summed E-state index contributed by atoms with van der Waals surface area (Å²) in [5, 5.41) is 4.20. The van der Waals surface area contributed by atoms with Crippen LogP contribution in [0.4, 0.5) is 0 Å². The van der Waals surface area contributed by atoms with Crippen LogP contribution in [-0.2, 0) is 13.0 Å². The van der Waals surface area contributed by atoms with E-state index >= 15 is 0 Å². The third kappa shape index (κ3) is 5.75. The van der Waals surface area contributed by atoms with Crippen molar-refractivity contribution in [2.75, 3.05) is 26.8 Å². The van der Waals surface area contributed by atoms with E-state index in [9.17, 15) is 4.79 Å². The highest BCUT2D eigenvalue weighted by Gasteiger charge is 2.28. The molecule has 2 aliphatic carbocycles. The number of rotatable bonds is 9. The van der Waals surface area contributed by atoms with Gasteiger partial charge in [0.15, 0.2) is 0 Å². The van der Waals surface area contributed by atoms with Crippen LogP contribution in [-0.4, -0.2) is 58.6 Å². The lowest BCUT2D eigenvalue weighted by Gasteiger charge is -2.33. The smallest absolute Gasteiger partial charge is 0.319 e. The topological polar surface area (TPSA) is 89.5 Å². The second-order valence-corrected chi connectivity index (χ2v) is 11.1. The summed E-state index contributed by atoms with van der Waals surface area (Å²) in [4.78, 5) is 29.1. The average molecular weight is 516 g/mol. The first kappa shape index (κ1) is 25.0. The quantitative estimate of drug-likeness (QED) is 0.447. The number of amides is 1. The number of hydrogen-bond acceptors (Lipinski definition) is 7. The summed E-state index contributed by atoms with van der Waals surface area (Å²) in [7, 11) is 1.61. The number of nitrogens with zero attached hydrogens (tertiary/aromatic N) is 4. The summed E-state index contributed by atoms with van der Waals surface area (Å²) in [6.45, 7) is 3.65. The van der Waals surface area contributed by atoms with Gasteiger partial charge in [0.25, 0.3) is 5.91 Å². The second kappa shape index (κ2) is 11.2. The molecule has 200 valence electrons. The van der Waals surface area contributed by atoms with Crippen molar-refractivity contribution < 1.29 is 14.3 Å². The van der Waals surface area contributed by atoms with Gasteiger partial charge < -0.3 is 14.8 Å². The monoisotopic (exact) mass is 515 g/mol. The number of ether oxygens (including phenoxy) is 2. The zero-order valence-corrected chi connectivity index (χ0v) is 22.2. The van der Waals surface area contributed by atoms with Crippen LogP contribution in [0.1, 0.15) is 66.6 Å². The number of fused-ring (bicyclic) bond motifs is 2. The highest BCUT2D eigenvalue weighted by atomic mass is 16.5. The molecule has 0 spiro atoms. The predicted molar refractivity (Wildman–Crippen MR) is 145 cm³/mol. The Labute approximate surface area is 224 Å². The number of nitrogens with one attached hydrogen (secondary N) is 1. The Hall–Kier alpha value is -3.26. The Bertz CT molecular complexity index is 1280. The van der Waals surface area contributed by atoms with Crippen molar-refractivity contribution in [1.82, 2.24) is 25.2 Å². The number of pyridine rings is 1. The van der Waals surface area contributed by atoms with Crippen LogP contribution in [0.15, 0.2) is 36.5 Å². The third-order valence-corrected chi connectivity index (χ3v) is 8.34. The van der Waals surface area contributed by atoms with Gasteiger partial charge in [-0.15, -0.1) is 0 Å². The van der Waals surface area contributed by atoms with Crippen molar-refractivity contribution in [2.24, 2.45) is 11.8 Å². The van der Waals surface area contributed by atoms with Gasteiger partial charge in [-0.05, 0) is 81.5 Å². The van der Waals surface area contributed by atoms with E-state index in [1.54, 1.807) is 13.3 Å². The molecular formula is C30H37N5O3. The second-order valence-electron chi connectivity index (χ2n) is 11.1. The maximum absolute atomic E-state index is 13.0. The Morgan fingerprint density at radius 2 is 1.89 bits per heavy atom. The van der Waals surface area contributed by atoms with Gasteiger partial charge in [0.1, 0.15) is 0 Å². The van der Waals surface area contributed by atoms with E-state index in [1.165, 1.54) is 19.3 Å². The van der Waals surface area contributed by atoms with E-state index in [-0.39, 0.29) is 11.9 Å². The Balaban J connectivity index is 0.993. The minimum Gasteiger partial charge on any atom is -0.477 e. The molecule has 3 heterocycles. The summed E-state index contributed by atoms with van der Waals surface area (Å²) in [6, 6.07) is 10.3. The molecule has 6 rings (SSSR count). The first-order valence-corrected chi connectivity index (χ1v) is 14.1. The fourth-order valence-electron chi connectivity index (χ4n) is 5.83. The molecule has 3 aromatic rings. The standard InChI is InChI=1S/C30H37N5O3/c1-37-30-33-27-14-17-35(18-25(27)29(34-30)38-19-21-7-8-21)16-13-20-9-11-22(12-10-20)32-28(36)24-4-2-6-26-23(24)5-3-15-31-26/h2-6,15,20-22H,7-14,16-19H2,1H3,(H,32,36). The molecule has 1 aromatic carbocycles. The fraction of sp³-hybridized carbons (Fsp3) is 0.533. The van der Waals surface area contributed by atoms with Gasteiger partial charge in [0, 0.05) is 42.7 Å². The molecule has 0 saturated heterocycles. The molecule has 0 radical (unpaired) electrons. The van der Waals surface area contributed by atoms with E-state index in [0.29, 0.717) is 29.3 Å². The van der Waals surface area contributed by atoms with Gasteiger partial charge in [-0.3, -0.25) is 14.7 Å². The van der Waals surface area contributed by atoms with Crippen LogP contribution in [0.2, 0.25) is 0 Å². The van der Waals surface area contributed by atoms with Gasteiger partial charge in [0.05, 0.1) is 30.5 Å². The van der Waals surface area contributed by atoms with Crippen molar-refractivity contribution in [3.63, 3.8) is 0 Å². The molecule has 3 aliphatic rings. The van der Waals surface area contributed by atoms with Crippen LogP contribution >= 0.6 is 0 Å². The van der Waals surface area contributed by atoms with Gasteiger partial charge in [-0.25, -0.2) is 0 Å². The molecule has 0 bridgehead atoms. The minimum absolute atomic E-state index is 0.0117. The largest absolute Gasteiger partial charge is 0.477 e. The fourth-order valence-corrected chi connectivity index (χ4v) is 5.83. The lowest BCUT2D eigenvalue weighted by Crippen LogP contribution is -2.38. The summed E-state index contributed by atoms with van der Waals surface area (Å²) < 4.78 is 11.4. The number of benzene rings is 1. The zero-order chi connectivity index (χ0) is 25.9. The zero-order valence-electron chi connectivity index (χ0n) is 22.2. The average Bonchev–Trinajstić information content (AvgIpc) is 3.79. The van der Waals surface area contributed by atoms with E-state index in [4.69, 9.17) is 9.47 Å². The molecule has 38 heavy (non-hydrogen) atoms. The number of aromatic nitrogens is 3. The number of methoxy groups -OCH3 is 1. The normalized spacial score (nSPS) is 21.6. The first-order chi connectivity index (χ1) is 18.7. The van der Waals surface area contributed by atoms with Gasteiger partial charge >= 0.3 is 6.01 Å². The van der Waals surface area contributed by atoms with E-state index < -0.39 is 0 Å². The SMILES string of the molecule is COc1nc2c(c(OCC3CC3)n1)CN(CCC1CCC(NC(=O)c3cccc4ncccc34)CC1)CC2. The maximum atomic E-state index is 13.0. The first-order valence-electron chi connectivity index (χ1n) is 14.1. The highest BCUT2D eigenvalue weighted by Crippen LogP contribution is 2.33. The summed E-state index contributed by atoms with van der Waals surface area (Å²) >= 11 is 0. The molecule has 2 aromatic heterocycles. The lowest BCUT2D eigenvalue weighted by molar-refractivity contribution is 0.0921. The van der Waals surface area contributed by atoms with Crippen molar-refractivity contribution >= 4 is 16.8 Å². The lowest BCUT2D eigenvalue weighted by atomic mass is 9.83. The van der Waals surface area contributed by atoms with E-state index in [2.05, 4.69) is 25.2 Å². The summed E-state index contributed by atoms with van der Waals surface area (Å²) in [5.74, 6) is 2.10. The number of carbonyl (C=O) groups excluding carboxylic acids is 1. The number of carbonyl (C=O) groups is 1. The molecule has 1 amide bonds. The third-order valence-electron chi connectivity index (χ3n) is 8.34. The molecule has 0 unspecified atom stereocenters. The molecule has 0 atom stereocenters. The van der Waals surface area contributed by atoms with Crippen molar-refractivity contribution in [2.45, 2.75) is 64.0 Å². The summed E-state index contributed by atoms with van der Waals surface area (Å²) in [6.07, 6.45) is 10.7. The Morgan fingerprint density at radius 3 is 2.71 bits per heavy atom. The van der Waals surface area contributed by atoms with E-state index in [0.717, 1.165) is 80.5 Å². The Kier molecular flexibility index (Phi) is 7.40. The van der Waals surface area contributed by atoms with E-state index in [1.807, 2.05) is 30.3 Å². The molecule has 2 saturated carbocycles. The van der Waals surface area contributed by atoms with Crippen LogP contribution in [0, 0.1) is 11.8 Å². The number of hydrogen-bond donors (Lipinski definition) is 1.